The Morgan fingerprint density at radius 2 is 2.38 bits per heavy atom. The molecule has 0 aromatic carbocycles. The van der Waals surface area contributed by atoms with Crippen LogP contribution in [-0.4, -0.2) is 31.8 Å². The molecule has 0 atom stereocenters. The van der Waals surface area contributed by atoms with Gasteiger partial charge in [-0.25, -0.2) is 4.52 Å². The summed E-state index contributed by atoms with van der Waals surface area (Å²) in [6.07, 6.45) is 3.94. The van der Waals surface area contributed by atoms with Crippen LogP contribution in [0.3, 0.4) is 0 Å². The van der Waals surface area contributed by atoms with E-state index in [1.807, 2.05) is 22.8 Å². The fourth-order valence-electron chi connectivity index (χ4n) is 1.79. The van der Waals surface area contributed by atoms with E-state index >= 15 is 0 Å². The summed E-state index contributed by atoms with van der Waals surface area (Å²) in [5, 5.41) is 7.20. The first-order valence-electron chi connectivity index (χ1n) is 5.50. The summed E-state index contributed by atoms with van der Waals surface area (Å²) < 4.78 is 3.12. The van der Waals surface area contributed by atoms with Gasteiger partial charge in [0.2, 0.25) is 5.91 Å². The van der Waals surface area contributed by atoms with E-state index in [4.69, 9.17) is 0 Å². The molecule has 0 bridgehead atoms. The third-order valence-corrected chi connectivity index (χ3v) is 3.76. The molecule has 0 saturated heterocycles. The lowest BCUT2D eigenvalue weighted by Crippen LogP contribution is -2.13. The van der Waals surface area contributed by atoms with Crippen molar-refractivity contribution in [2.24, 2.45) is 5.92 Å². The molecule has 0 spiro atoms. The highest BCUT2D eigenvalue weighted by Crippen LogP contribution is 2.30. The molecule has 2 aromatic rings. The highest BCUT2D eigenvalue weighted by molar-refractivity contribution is 6.36. The van der Waals surface area contributed by atoms with E-state index in [0.717, 1.165) is 34.6 Å². The van der Waals surface area contributed by atoms with Gasteiger partial charge in [0.1, 0.15) is 0 Å². The molecule has 0 radical (unpaired) electrons. The number of nitrogens with one attached hydrogen (secondary N) is 1. The van der Waals surface area contributed by atoms with Gasteiger partial charge in [-0.05, 0) is 18.9 Å². The Kier molecular flexibility index (Phi) is 2.24. The van der Waals surface area contributed by atoms with Crippen LogP contribution in [0.1, 0.15) is 12.8 Å². The number of aromatic nitrogens is 2. The summed E-state index contributed by atoms with van der Waals surface area (Å²) in [5.41, 5.74) is 1.10. The number of carbonyl (C=O) groups excluding carboxylic acids is 1. The first kappa shape index (κ1) is 9.89. The average molecular weight is 229 g/mol. The number of rotatable bonds is 2. The van der Waals surface area contributed by atoms with Crippen molar-refractivity contribution >= 4 is 38.0 Å². The first-order valence-corrected chi connectivity index (χ1v) is 6.50. The van der Waals surface area contributed by atoms with Gasteiger partial charge in [-0.1, -0.05) is 10.5 Å². The zero-order valence-corrected chi connectivity index (χ0v) is 11.1. The number of fused-ring (bicyclic) bond motifs is 1. The van der Waals surface area contributed by atoms with Crippen LogP contribution in [0, 0.1) is 5.92 Å². The minimum absolute atomic E-state index is 0.110. The standard InChI is InChI=1S/C11H10N3O.Al.2H/c15-11(8-4-5-8)12-10-7-9-3-1-2-6-14(9)13-10;;;/h1-2,6-8H,4-5H2,(H,12,13,15);;;. The van der Waals surface area contributed by atoms with Gasteiger partial charge in [-0.2, -0.15) is 5.10 Å². The highest BCUT2D eigenvalue weighted by atomic mass is 27.0. The fourth-order valence-corrected chi connectivity index (χ4v) is 2.36. The van der Waals surface area contributed by atoms with Crippen LogP contribution in [0.5, 0.6) is 0 Å². The van der Waals surface area contributed by atoms with Gasteiger partial charge in [-0.15, -0.1) is 0 Å². The predicted molar refractivity (Wildman–Crippen MR) is 64.7 cm³/mol. The van der Waals surface area contributed by atoms with Crippen molar-refractivity contribution in [1.82, 2.24) is 9.61 Å². The number of pyridine rings is 1. The first-order chi connectivity index (χ1) is 7.74. The summed E-state index contributed by atoms with van der Waals surface area (Å²) in [6.45, 7) is 0. The molecule has 3 rings (SSSR count). The molecule has 2 heterocycles. The molecular formula is C11H12AlN3O. The number of nitrogens with zero attached hydrogens (tertiary/aromatic N) is 2. The normalized spacial score (nSPS) is 15.2. The Balaban J connectivity index is 1.92. The molecule has 1 fully saturated rings. The van der Waals surface area contributed by atoms with Gasteiger partial charge in [-0.3, -0.25) is 4.79 Å². The van der Waals surface area contributed by atoms with Crippen LogP contribution >= 0.6 is 0 Å². The molecule has 2 aromatic heterocycles. The second-order valence-electron chi connectivity index (χ2n) is 4.31. The fraction of sp³-hybridized carbons (Fsp3) is 0.273. The molecular weight excluding hydrogens is 217 g/mol. The largest absolute Gasteiger partial charge is 0.309 e. The number of carbonyl (C=O) groups is 1. The number of hydrogen-bond acceptors (Lipinski definition) is 2. The van der Waals surface area contributed by atoms with Gasteiger partial charge in [0.15, 0.2) is 5.82 Å². The molecule has 1 amide bonds. The van der Waals surface area contributed by atoms with Crippen LogP contribution in [0.4, 0.5) is 5.82 Å². The zero-order valence-electron chi connectivity index (χ0n) is 9.10. The Morgan fingerprint density at radius 1 is 1.56 bits per heavy atom. The predicted octanol–water partition coefficient (Wildman–Crippen LogP) is -0.0588. The maximum absolute atomic E-state index is 11.6. The summed E-state index contributed by atoms with van der Waals surface area (Å²) in [4.78, 5) is 11.6. The number of anilines is 1. The SMILES string of the molecule is O=C(Nc1cc2[c]([AlH2])cccn2n1)C1CC1. The molecule has 80 valence electrons. The topological polar surface area (TPSA) is 46.4 Å². The summed E-state index contributed by atoms with van der Waals surface area (Å²) in [6, 6.07) is 6.02. The van der Waals surface area contributed by atoms with Gasteiger partial charge in [0.25, 0.3) is 16.3 Å². The maximum Gasteiger partial charge on any atom is 0.262 e. The van der Waals surface area contributed by atoms with Crippen molar-refractivity contribution in [2.75, 3.05) is 5.32 Å². The van der Waals surface area contributed by atoms with E-state index < -0.39 is 0 Å². The molecule has 4 nitrogen and oxygen atoms in total. The van der Waals surface area contributed by atoms with Gasteiger partial charge >= 0.3 is 0 Å². The van der Waals surface area contributed by atoms with E-state index in [2.05, 4.69) is 16.5 Å². The van der Waals surface area contributed by atoms with Gasteiger partial charge in [0.05, 0.1) is 5.52 Å². The van der Waals surface area contributed by atoms with Crippen molar-refractivity contribution in [2.45, 2.75) is 12.8 Å². The minimum Gasteiger partial charge on any atom is -0.309 e. The highest BCUT2D eigenvalue weighted by Gasteiger charge is 2.29. The third-order valence-electron chi connectivity index (χ3n) is 2.91. The van der Waals surface area contributed by atoms with E-state index in [0.29, 0.717) is 5.82 Å². The van der Waals surface area contributed by atoms with Crippen LogP contribution in [-0.2, 0) is 4.79 Å². The second-order valence-corrected chi connectivity index (χ2v) is 5.39. The molecule has 5 heteroatoms. The monoisotopic (exact) mass is 229 g/mol. The third kappa shape index (κ3) is 1.73. The quantitative estimate of drug-likeness (QED) is 0.733. The van der Waals surface area contributed by atoms with Crippen molar-refractivity contribution in [1.29, 1.82) is 0 Å². The Labute approximate surface area is 101 Å². The molecule has 16 heavy (non-hydrogen) atoms. The van der Waals surface area contributed by atoms with Crippen molar-refractivity contribution < 1.29 is 4.79 Å². The average Bonchev–Trinajstić information content (AvgIpc) is 3.01. The molecule has 1 aliphatic rings. The van der Waals surface area contributed by atoms with Crippen LogP contribution in [0.2, 0.25) is 0 Å². The van der Waals surface area contributed by atoms with E-state index in [9.17, 15) is 4.79 Å². The Bertz CT molecular complexity index is 559. The molecule has 0 aliphatic heterocycles. The Hall–Kier alpha value is -1.31. The van der Waals surface area contributed by atoms with Crippen molar-refractivity contribution in [3.05, 3.63) is 24.4 Å². The van der Waals surface area contributed by atoms with Gasteiger partial charge < -0.3 is 5.32 Å². The van der Waals surface area contributed by atoms with E-state index in [1.165, 1.54) is 4.43 Å². The zero-order chi connectivity index (χ0) is 11.1. The van der Waals surface area contributed by atoms with Crippen LogP contribution < -0.4 is 9.74 Å². The molecule has 0 unspecified atom stereocenters. The second kappa shape index (κ2) is 3.62. The van der Waals surface area contributed by atoms with Crippen LogP contribution in [0.25, 0.3) is 5.52 Å². The number of hydrogen-bond donors (Lipinski definition) is 1. The van der Waals surface area contributed by atoms with Gasteiger partial charge in [0, 0.05) is 18.2 Å². The maximum atomic E-state index is 11.6. The molecule has 1 N–H and O–H groups in total. The molecule has 1 aliphatic carbocycles. The summed E-state index contributed by atoms with van der Waals surface area (Å²) in [5.74, 6) is 0.999. The van der Waals surface area contributed by atoms with Crippen molar-refractivity contribution in [3.8, 4) is 0 Å². The minimum atomic E-state index is 0.110. The summed E-state index contributed by atoms with van der Waals surface area (Å²) >= 11 is 0.985. The smallest absolute Gasteiger partial charge is 0.262 e. The van der Waals surface area contributed by atoms with Crippen LogP contribution in [0.15, 0.2) is 24.4 Å². The lowest BCUT2D eigenvalue weighted by molar-refractivity contribution is -0.117. The Morgan fingerprint density at radius 3 is 3.06 bits per heavy atom. The number of amides is 1. The van der Waals surface area contributed by atoms with Crippen molar-refractivity contribution in [3.63, 3.8) is 0 Å². The summed E-state index contributed by atoms with van der Waals surface area (Å²) in [7, 11) is 0. The molecule has 1 saturated carbocycles. The van der Waals surface area contributed by atoms with E-state index in [-0.39, 0.29) is 11.8 Å². The van der Waals surface area contributed by atoms with E-state index in [1.54, 1.807) is 0 Å². The lowest BCUT2D eigenvalue weighted by atomic mass is 10.4. The lowest BCUT2D eigenvalue weighted by Gasteiger charge is -1.97.